The van der Waals surface area contributed by atoms with Crippen LogP contribution in [0.1, 0.15) is 48.2 Å². The van der Waals surface area contributed by atoms with Crippen molar-refractivity contribution in [2.24, 2.45) is 5.73 Å². The molecule has 202 valence electrons. The number of nitrogens with two attached hydrogens (primary N) is 1. The summed E-state index contributed by atoms with van der Waals surface area (Å²) in [6.45, 7) is 5.31. The Bertz CT molecular complexity index is 1560. The van der Waals surface area contributed by atoms with E-state index in [0.29, 0.717) is 41.1 Å². The van der Waals surface area contributed by atoms with E-state index in [-0.39, 0.29) is 22.7 Å². The van der Waals surface area contributed by atoms with Crippen molar-refractivity contribution in [3.05, 3.63) is 88.1 Å². The SMILES string of the molecule is Cc1nn(Cc2ccc(C(=O)NCCN(C)C)cc2)c(C)c1NC(=O)c1cc(C(N)=O)c2ccc(F)cc2n1. The molecular formula is C28H30FN7O3. The minimum Gasteiger partial charge on any atom is -0.366 e. The van der Waals surface area contributed by atoms with E-state index in [1.54, 1.807) is 23.7 Å². The molecule has 11 heteroatoms. The number of nitrogens with zero attached hydrogens (tertiary/aromatic N) is 4. The lowest BCUT2D eigenvalue weighted by atomic mass is 10.1. The second kappa shape index (κ2) is 11.4. The van der Waals surface area contributed by atoms with Gasteiger partial charge in [0.2, 0.25) is 5.91 Å². The Balaban J connectivity index is 1.50. The quantitative estimate of drug-likeness (QED) is 0.304. The van der Waals surface area contributed by atoms with Crippen LogP contribution in [-0.4, -0.2) is 64.6 Å². The Kier molecular flexibility index (Phi) is 8.01. The minimum absolute atomic E-state index is 0.0733. The number of halogens is 1. The van der Waals surface area contributed by atoms with Gasteiger partial charge in [-0.1, -0.05) is 12.1 Å². The van der Waals surface area contributed by atoms with Crippen LogP contribution in [0.3, 0.4) is 0 Å². The van der Waals surface area contributed by atoms with Gasteiger partial charge in [0.1, 0.15) is 11.5 Å². The molecule has 4 rings (SSSR count). The summed E-state index contributed by atoms with van der Waals surface area (Å²) in [6.07, 6.45) is 0. The summed E-state index contributed by atoms with van der Waals surface area (Å²) in [5.41, 5.74) is 8.91. The molecule has 4 aromatic rings. The number of hydrogen-bond acceptors (Lipinski definition) is 6. The van der Waals surface area contributed by atoms with Gasteiger partial charge in [0.15, 0.2) is 0 Å². The first kappa shape index (κ1) is 27.4. The summed E-state index contributed by atoms with van der Waals surface area (Å²) >= 11 is 0. The smallest absolute Gasteiger partial charge is 0.274 e. The maximum Gasteiger partial charge on any atom is 0.274 e. The van der Waals surface area contributed by atoms with Crippen LogP contribution in [0.15, 0.2) is 48.5 Å². The number of rotatable bonds is 9. The molecule has 0 bridgehead atoms. The monoisotopic (exact) mass is 531 g/mol. The Morgan fingerprint density at radius 2 is 1.74 bits per heavy atom. The van der Waals surface area contributed by atoms with E-state index in [1.165, 1.54) is 18.2 Å². The predicted molar refractivity (Wildman–Crippen MR) is 146 cm³/mol. The Morgan fingerprint density at radius 3 is 2.41 bits per heavy atom. The van der Waals surface area contributed by atoms with Crippen molar-refractivity contribution in [1.29, 1.82) is 0 Å². The van der Waals surface area contributed by atoms with Crippen molar-refractivity contribution in [3.8, 4) is 0 Å². The van der Waals surface area contributed by atoms with E-state index >= 15 is 0 Å². The number of amides is 3. The summed E-state index contributed by atoms with van der Waals surface area (Å²) in [7, 11) is 3.89. The lowest BCUT2D eigenvalue weighted by molar-refractivity contribution is 0.0949. The molecule has 2 aromatic carbocycles. The van der Waals surface area contributed by atoms with Crippen LogP contribution in [0.5, 0.6) is 0 Å². The number of aromatic nitrogens is 3. The average molecular weight is 532 g/mol. The van der Waals surface area contributed by atoms with Crippen molar-refractivity contribution in [2.75, 3.05) is 32.5 Å². The molecule has 0 unspecified atom stereocenters. The molecule has 4 N–H and O–H groups in total. The van der Waals surface area contributed by atoms with Crippen molar-refractivity contribution in [3.63, 3.8) is 0 Å². The topological polar surface area (TPSA) is 135 Å². The van der Waals surface area contributed by atoms with Gasteiger partial charge in [-0.2, -0.15) is 5.10 Å². The number of fused-ring (bicyclic) bond motifs is 1. The number of aryl methyl sites for hydroxylation is 1. The molecule has 2 aromatic heterocycles. The van der Waals surface area contributed by atoms with Crippen LogP contribution in [0, 0.1) is 19.7 Å². The fraction of sp³-hybridized carbons (Fsp3) is 0.250. The van der Waals surface area contributed by atoms with Gasteiger partial charge in [0.05, 0.1) is 34.7 Å². The molecule has 0 saturated carbocycles. The summed E-state index contributed by atoms with van der Waals surface area (Å²) < 4.78 is 15.5. The predicted octanol–water partition coefficient (Wildman–Crippen LogP) is 2.88. The summed E-state index contributed by atoms with van der Waals surface area (Å²) in [5, 5.41) is 10.6. The number of benzene rings is 2. The molecule has 2 heterocycles. The number of nitrogens with one attached hydrogen (secondary N) is 2. The van der Waals surface area contributed by atoms with E-state index in [4.69, 9.17) is 5.73 Å². The molecule has 0 spiro atoms. The fourth-order valence-electron chi connectivity index (χ4n) is 4.16. The molecule has 0 radical (unpaired) electrons. The maximum absolute atomic E-state index is 13.8. The van der Waals surface area contributed by atoms with Gasteiger partial charge in [-0.15, -0.1) is 0 Å². The summed E-state index contributed by atoms with van der Waals surface area (Å²) in [4.78, 5) is 43.6. The van der Waals surface area contributed by atoms with Crippen molar-refractivity contribution in [1.82, 2.24) is 25.0 Å². The number of anilines is 1. The second-order valence-corrected chi connectivity index (χ2v) is 9.49. The van der Waals surface area contributed by atoms with Crippen molar-refractivity contribution < 1.29 is 18.8 Å². The molecule has 0 aliphatic carbocycles. The standard InChI is InChI=1S/C28H30FN7O3/c1-16-25(33-28(39)24-14-22(26(30)37)21-10-9-20(29)13-23(21)32-24)17(2)36(34-16)15-18-5-7-19(8-6-18)27(38)31-11-12-35(3)4/h5-10,13-14H,11-12,15H2,1-4H3,(H2,30,37)(H,31,38)(H,33,39). The van der Waals surface area contributed by atoms with Crippen LogP contribution in [0.4, 0.5) is 10.1 Å². The van der Waals surface area contributed by atoms with Gasteiger partial charge in [-0.25, -0.2) is 9.37 Å². The number of pyridine rings is 1. The molecule has 39 heavy (non-hydrogen) atoms. The van der Waals surface area contributed by atoms with Crippen LogP contribution in [0.25, 0.3) is 10.9 Å². The molecule has 0 saturated heterocycles. The second-order valence-electron chi connectivity index (χ2n) is 9.49. The summed E-state index contributed by atoms with van der Waals surface area (Å²) in [5.74, 6) is -2.02. The van der Waals surface area contributed by atoms with Gasteiger partial charge >= 0.3 is 0 Å². The number of primary amides is 1. The highest BCUT2D eigenvalue weighted by Gasteiger charge is 2.19. The van der Waals surface area contributed by atoms with Crippen LogP contribution in [-0.2, 0) is 6.54 Å². The maximum atomic E-state index is 13.8. The van der Waals surface area contributed by atoms with E-state index < -0.39 is 17.6 Å². The normalized spacial score (nSPS) is 11.1. The van der Waals surface area contributed by atoms with Gasteiger partial charge in [-0.05, 0) is 63.8 Å². The third-order valence-corrected chi connectivity index (χ3v) is 6.28. The highest BCUT2D eigenvalue weighted by molar-refractivity contribution is 6.10. The number of carbonyl (C=O) groups excluding carboxylic acids is 3. The Morgan fingerprint density at radius 1 is 1.03 bits per heavy atom. The molecule has 10 nitrogen and oxygen atoms in total. The lowest BCUT2D eigenvalue weighted by Gasteiger charge is -2.11. The third kappa shape index (κ3) is 6.27. The molecule has 3 amide bonds. The first-order chi connectivity index (χ1) is 18.5. The van der Waals surface area contributed by atoms with E-state index in [0.717, 1.165) is 18.2 Å². The zero-order valence-electron chi connectivity index (χ0n) is 22.2. The van der Waals surface area contributed by atoms with Gasteiger partial charge < -0.3 is 21.3 Å². The molecular weight excluding hydrogens is 501 g/mol. The Hall–Kier alpha value is -4.64. The minimum atomic E-state index is -0.750. The number of hydrogen-bond donors (Lipinski definition) is 3. The first-order valence-corrected chi connectivity index (χ1v) is 12.3. The van der Waals surface area contributed by atoms with Crippen LogP contribution in [0.2, 0.25) is 0 Å². The fourth-order valence-corrected chi connectivity index (χ4v) is 4.16. The molecule has 0 aliphatic heterocycles. The highest BCUT2D eigenvalue weighted by Crippen LogP contribution is 2.23. The van der Waals surface area contributed by atoms with E-state index in [9.17, 15) is 18.8 Å². The van der Waals surface area contributed by atoms with E-state index in [2.05, 4.69) is 20.7 Å². The van der Waals surface area contributed by atoms with Crippen LogP contribution < -0.4 is 16.4 Å². The average Bonchev–Trinajstić information content (AvgIpc) is 3.14. The zero-order chi connectivity index (χ0) is 28.3. The lowest BCUT2D eigenvalue weighted by Crippen LogP contribution is -2.31. The number of carbonyl (C=O) groups is 3. The van der Waals surface area contributed by atoms with Crippen LogP contribution >= 0.6 is 0 Å². The number of likely N-dealkylation sites (N-methyl/N-ethyl adjacent to an activating group) is 1. The van der Waals surface area contributed by atoms with Crippen molar-refractivity contribution >= 4 is 34.3 Å². The molecule has 0 aliphatic rings. The highest BCUT2D eigenvalue weighted by atomic mass is 19.1. The summed E-state index contributed by atoms with van der Waals surface area (Å²) in [6, 6.07) is 12.3. The Labute approximate surface area is 225 Å². The first-order valence-electron chi connectivity index (χ1n) is 12.3. The van der Waals surface area contributed by atoms with Crippen molar-refractivity contribution in [2.45, 2.75) is 20.4 Å². The van der Waals surface area contributed by atoms with E-state index in [1.807, 2.05) is 38.1 Å². The van der Waals surface area contributed by atoms with Gasteiger partial charge in [0, 0.05) is 30.1 Å². The largest absolute Gasteiger partial charge is 0.366 e. The molecule has 0 fully saturated rings. The third-order valence-electron chi connectivity index (χ3n) is 6.28. The molecule has 0 atom stereocenters. The van der Waals surface area contributed by atoms with Gasteiger partial charge in [-0.3, -0.25) is 19.1 Å². The zero-order valence-corrected chi connectivity index (χ0v) is 22.2. The van der Waals surface area contributed by atoms with Gasteiger partial charge in [0.25, 0.3) is 11.8 Å².